The molecule has 0 aliphatic rings. The molecule has 0 saturated heterocycles. The maximum absolute atomic E-state index is 12.2. The molecule has 0 unspecified atom stereocenters. The first-order valence-electron chi connectivity index (χ1n) is 6.57. The van der Waals surface area contributed by atoms with Crippen LogP contribution in [-0.2, 0) is 16.1 Å². The molecule has 0 aliphatic heterocycles. The molecule has 2 aromatic heterocycles. The fraction of sp³-hybridized carbons (Fsp3) is 0.133. The van der Waals surface area contributed by atoms with Crippen LogP contribution in [0.15, 0.2) is 40.7 Å². The fourth-order valence-corrected chi connectivity index (χ4v) is 3.93. The Morgan fingerprint density at radius 3 is 2.87 bits per heavy atom. The molecule has 0 bridgehead atoms. The summed E-state index contributed by atoms with van der Waals surface area (Å²) >= 11 is 8.64. The Morgan fingerprint density at radius 2 is 2.17 bits per heavy atom. The Kier molecular flexibility index (Phi) is 4.61. The van der Waals surface area contributed by atoms with Gasteiger partial charge in [-0.25, -0.2) is 0 Å². The van der Waals surface area contributed by atoms with Gasteiger partial charge in [0, 0.05) is 5.02 Å². The number of thiophene rings is 1. The maximum Gasteiger partial charge on any atom is 0.325 e. The van der Waals surface area contributed by atoms with Crippen LogP contribution in [-0.4, -0.2) is 23.6 Å². The molecule has 0 aliphatic carbocycles. The Balaban J connectivity index is 2.16. The van der Waals surface area contributed by atoms with Gasteiger partial charge in [0.2, 0.25) is 0 Å². The van der Waals surface area contributed by atoms with Crippen molar-refractivity contribution >= 4 is 56.4 Å². The van der Waals surface area contributed by atoms with Gasteiger partial charge in [-0.05, 0) is 29.6 Å². The predicted octanol–water partition coefficient (Wildman–Crippen LogP) is 3.33. The lowest BCUT2D eigenvalue weighted by atomic mass is 10.3. The lowest BCUT2D eigenvalue weighted by Gasteiger charge is -2.03. The van der Waals surface area contributed by atoms with Crippen molar-refractivity contribution in [3.63, 3.8) is 0 Å². The average Bonchev–Trinajstić information content (AvgIpc) is 3.16. The number of halogens is 1. The molecule has 0 radical (unpaired) electrons. The van der Waals surface area contributed by atoms with Gasteiger partial charge in [-0.3, -0.25) is 9.59 Å². The van der Waals surface area contributed by atoms with Crippen LogP contribution in [0.2, 0.25) is 5.02 Å². The minimum atomic E-state index is -0.412. The fourth-order valence-electron chi connectivity index (χ4n) is 2.02. The molecule has 3 rings (SSSR count). The van der Waals surface area contributed by atoms with Crippen molar-refractivity contribution in [1.29, 1.82) is 0 Å². The standard InChI is InChI=1S/C15H11ClN2O3S2/c1-21-13(19)8-18-10-5-4-9(16)7-12(10)23-15(18)17-14(20)11-3-2-6-22-11/h2-7H,8H2,1H3. The Morgan fingerprint density at radius 1 is 1.35 bits per heavy atom. The van der Waals surface area contributed by atoms with Gasteiger partial charge in [0.05, 0.1) is 22.2 Å². The molecule has 8 heteroatoms. The lowest BCUT2D eigenvalue weighted by molar-refractivity contribution is -0.141. The molecule has 0 fully saturated rings. The summed E-state index contributed by atoms with van der Waals surface area (Å²) in [5.74, 6) is -0.749. The quantitative estimate of drug-likeness (QED) is 0.668. The number of thiazole rings is 1. The van der Waals surface area contributed by atoms with E-state index < -0.39 is 5.97 Å². The van der Waals surface area contributed by atoms with Crippen LogP contribution in [0.5, 0.6) is 0 Å². The highest BCUT2D eigenvalue weighted by Gasteiger charge is 2.13. The summed E-state index contributed by atoms with van der Waals surface area (Å²) < 4.78 is 7.23. The second kappa shape index (κ2) is 6.66. The van der Waals surface area contributed by atoms with E-state index in [1.54, 1.807) is 34.9 Å². The number of carbonyl (C=O) groups is 2. The number of ether oxygens (including phenoxy) is 1. The predicted molar refractivity (Wildman–Crippen MR) is 91.1 cm³/mol. The van der Waals surface area contributed by atoms with E-state index in [0.717, 1.165) is 10.2 Å². The monoisotopic (exact) mass is 366 g/mol. The second-order valence-electron chi connectivity index (χ2n) is 4.55. The molecular formula is C15H11ClN2O3S2. The van der Waals surface area contributed by atoms with Gasteiger partial charge >= 0.3 is 5.97 Å². The number of rotatable bonds is 3. The molecule has 0 spiro atoms. The first kappa shape index (κ1) is 15.9. The molecule has 0 atom stereocenters. The van der Waals surface area contributed by atoms with E-state index in [-0.39, 0.29) is 12.5 Å². The van der Waals surface area contributed by atoms with E-state index in [0.29, 0.717) is 14.7 Å². The highest BCUT2D eigenvalue weighted by molar-refractivity contribution is 7.16. The highest BCUT2D eigenvalue weighted by Crippen LogP contribution is 2.22. The van der Waals surface area contributed by atoms with E-state index >= 15 is 0 Å². The van der Waals surface area contributed by atoms with Gasteiger partial charge in [-0.15, -0.1) is 11.3 Å². The van der Waals surface area contributed by atoms with Gasteiger partial charge < -0.3 is 9.30 Å². The van der Waals surface area contributed by atoms with Crippen LogP contribution in [0, 0.1) is 0 Å². The molecule has 23 heavy (non-hydrogen) atoms. The molecular weight excluding hydrogens is 356 g/mol. The molecule has 1 amide bonds. The van der Waals surface area contributed by atoms with E-state index in [4.69, 9.17) is 16.3 Å². The van der Waals surface area contributed by atoms with Crippen molar-refractivity contribution in [3.8, 4) is 0 Å². The number of carbonyl (C=O) groups excluding carboxylic acids is 2. The van der Waals surface area contributed by atoms with Crippen LogP contribution in [0.3, 0.4) is 0 Å². The van der Waals surface area contributed by atoms with Gasteiger partial charge in [-0.2, -0.15) is 4.99 Å². The number of hydrogen-bond acceptors (Lipinski definition) is 5. The van der Waals surface area contributed by atoms with Gasteiger partial charge in [0.15, 0.2) is 4.80 Å². The van der Waals surface area contributed by atoms with Crippen molar-refractivity contribution in [1.82, 2.24) is 4.57 Å². The van der Waals surface area contributed by atoms with Crippen molar-refractivity contribution in [2.45, 2.75) is 6.54 Å². The summed E-state index contributed by atoms with van der Waals surface area (Å²) in [5.41, 5.74) is 0.780. The number of methoxy groups -OCH3 is 1. The van der Waals surface area contributed by atoms with Crippen molar-refractivity contribution < 1.29 is 14.3 Å². The van der Waals surface area contributed by atoms with Crippen LogP contribution >= 0.6 is 34.3 Å². The smallest absolute Gasteiger partial charge is 0.325 e. The summed E-state index contributed by atoms with van der Waals surface area (Å²) in [6.45, 7) is -0.0192. The SMILES string of the molecule is COC(=O)Cn1c(=NC(=O)c2cccs2)sc2cc(Cl)ccc21. The average molecular weight is 367 g/mol. The van der Waals surface area contributed by atoms with Crippen LogP contribution in [0.25, 0.3) is 10.2 Å². The normalized spacial score (nSPS) is 11.8. The van der Waals surface area contributed by atoms with Crippen molar-refractivity contribution in [2.24, 2.45) is 4.99 Å². The maximum atomic E-state index is 12.2. The van der Waals surface area contributed by atoms with E-state index in [2.05, 4.69) is 4.99 Å². The third-order valence-corrected chi connectivity index (χ3v) is 5.22. The van der Waals surface area contributed by atoms with Crippen molar-refractivity contribution in [2.75, 3.05) is 7.11 Å². The van der Waals surface area contributed by atoms with E-state index in [9.17, 15) is 9.59 Å². The number of benzene rings is 1. The first-order valence-corrected chi connectivity index (χ1v) is 8.64. The largest absolute Gasteiger partial charge is 0.468 e. The number of aromatic nitrogens is 1. The summed E-state index contributed by atoms with van der Waals surface area (Å²) in [7, 11) is 1.32. The number of hydrogen-bond donors (Lipinski definition) is 0. The zero-order valence-electron chi connectivity index (χ0n) is 12.0. The number of nitrogens with zero attached hydrogens (tertiary/aromatic N) is 2. The molecule has 0 N–H and O–H groups in total. The summed E-state index contributed by atoms with van der Waals surface area (Å²) in [6.07, 6.45) is 0. The van der Waals surface area contributed by atoms with Gasteiger partial charge in [0.25, 0.3) is 5.91 Å². The first-order chi connectivity index (χ1) is 11.1. The number of esters is 1. The molecule has 5 nitrogen and oxygen atoms in total. The van der Waals surface area contributed by atoms with Crippen LogP contribution in [0.1, 0.15) is 9.67 Å². The second-order valence-corrected chi connectivity index (χ2v) is 6.95. The van der Waals surface area contributed by atoms with Crippen LogP contribution in [0.4, 0.5) is 0 Å². The number of fused-ring (bicyclic) bond motifs is 1. The Labute approximate surface area is 144 Å². The summed E-state index contributed by atoms with van der Waals surface area (Å²) in [4.78, 5) is 29.0. The topological polar surface area (TPSA) is 60.7 Å². The molecule has 1 aromatic carbocycles. The van der Waals surface area contributed by atoms with E-state index in [1.165, 1.54) is 29.8 Å². The van der Waals surface area contributed by atoms with Crippen LogP contribution < -0.4 is 4.80 Å². The minimum absolute atomic E-state index is 0.0192. The Hall–Kier alpha value is -1.96. The molecule has 118 valence electrons. The minimum Gasteiger partial charge on any atom is -0.468 e. The van der Waals surface area contributed by atoms with Gasteiger partial charge in [0.1, 0.15) is 6.54 Å². The van der Waals surface area contributed by atoms with Crippen molar-refractivity contribution in [3.05, 3.63) is 50.4 Å². The highest BCUT2D eigenvalue weighted by atomic mass is 35.5. The van der Waals surface area contributed by atoms with E-state index in [1.807, 2.05) is 5.38 Å². The van der Waals surface area contributed by atoms with Gasteiger partial charge in [-0.1, -0.05) is 29.0 Å². The Bertz CT molecular complexity index is 941. The third kappa shape index (κ3) is 3.36. The summed E-state index contributed by atoms with van der Waals surface area (Å²) in [5, 5.41) is 2.40. The summed E-state index contributed by atoms with van der Waals surface area (Å²) in [6, 6.07) is 8.82. The number of amides is 1. The molecule has 0 saturated carbocycles. The molecule has 2 heterocycles. The zero-order valence-corrected chi connectivity index (χ0v) is 14.4. The third-order valence-electron chi connectivity index (χ3n) is 3.09. The lowest BCUT2D eigenvalue weighted by Crippen LogP contribution is -2.22. The zero-order chi connectivity index (χ0) is 16.4. The molecule has 3 aromatic rings.